The zero-order chi connectivity index (χ0) is 30.7. The van der Waals surface area contributed by atoms with Crippen LogP contribution in [0.5, 0.6) is 17.4 Å². The molecule has 0 N–H and O–H groups in total. The highest BCUT2D eigenvalue weighted by molar-refractivity contribution is 6.30. The van der Waals surface area contributed by atoms with Gasteiger partial charge in [0.1, 0.15) is 36.1 Å². The molecule has 12 heteroatoms. The monoisotopic (exact) mass is 606 g/mol. The van der Waals surface area contributed by atoms with Crippen LogP contribution in [0.4, 0.5) is 22.4 Å². The van der Waals surface area contributed by atoms with Gasteiger partial charge >= 0.3 is 12.3 Å². The third-order valence-electron chi connectivity index (χ3n) is 5.78. The molecule has 4 rings (SSSR count). The molecule has 4 aromatic rings. The quantitative estimate of drug-likeness (QED) is 0.188. The van der Waals surface area contributed by atoms with Gasteiger partial charge in [0, 0.05) is 18.5 Å². The molecule has 2 aromatic heterocycles. The lowest BCUT2D eigenvalue weighted by molar-refractivity contribution is -0.137. The minimum atomic E-state index is -4.74. The van der Waals surface area contributed by atoms with Crippen molar-refractivity contribution in [3.05, 3.63) is 94.5 Å². The van der Waals surface area contributed by atoms with E-state index in [1.165, 1.54) is 31.5 Å². The molecular formula is C30H27ClF4N2O5. The fourth-order valence-electron chi connectivity index (χ4n) is 3.77. The average Bonchev–Trinajstić information content (AvgIpc) is 3.38. The van der Waals surface area contributed by atoms with Gasteiger partial charge in [-0.1, -0.05) is 29.8 Å². The van der Waals surface area contributed by atoms with E-state index in [0.717, 1.165) is 16.2 Å². The Hall–Kier alpha value is -4.25. The van der Waals surface area contributed by atoms with Gasteiger partial charge < -0.3 is 18.9 Å². The van der Waals surface area contributed by atoms with E-state index in [-0.39, 0.29) is 41.1 Å². The molecule has 0 saturated heterocycles. The largest absolute Gasteiger partial charge is 0.497 e. The van der Waals surface area contributed by atoms with Gasteiger partial charge in [0.05, 0.1) is 29.0 Å². The van der Waals surface area contributed by atoms with Crippen LogP contribution in [0.1, 0.15) is 37.5 Å². The minimum absolute atomic E-state index is 0.0160. The van der Waals surface area contributed by atoms with Gasteiger partial charge in [0.15, 0.2) is 0 Å². The Morgan fingerprint density at radius 1 is 0.952 bits per heavy atom. The van der Waals surface area contributed by atoms with Crippen molar-refractivity contribution in [2.24, 2.45) is 0 Å². The summed E-state index contributed by atoms with van der Waals surface area (Å²) < 4.78 is 78.1. The lowest BCUT2D eigenvalue weighted by Gasteiger charge is -2.21. The summed E-state index contributed by atoms with van der Waals surface area (Å²) in [4.78, 5) is 17.2. The molecule has 0 bridgehead atoms. The number of hydrogen-bond acceptors (Lipinski definition) is 6. The summed E-state index contributed by atoms with van der Waals surface area (Å²) in [6.07, 6.45) is -3.86. The number of aromatic nitrogens is 2. The Morgan fingerprint density at radius 2 is 1.62 bits per heavy atom. The molecule has 0 unspecified atom stereocenters. The van der Waals surface area contributed by atoms with Crippen molar-refractivity contribution < 1.29 is 41.3 Å². The topological polar surface area (TPSA) is 71.8 Å². The minimum Gasteiger partial charge on any atom is -0.497 e. The van der Waals surface area contributed by atoms with Crippen LogP contribution in [0.15, 0.2) is 67.0 Å². The Kier molecular flexibility index (Phi) is 9.00. The highest BCUT2D eigenvalue weighted by Crippen LogP contribution is 2.38. The number of carbonyl (C=O) groups excluding carboxylic acids is 1. The van der Waals surface area contributed by atoms with Gasteiger partial charge in [-0.25, -0.2) is 14.2 Å². The van der Waals surface area contributed by atoms with Crippen LogP contribution < -0.4 is 14.2 Å². The van der Waals surface area contributed by atoms with E-state index in [1.54, 1.807) is 51.1 Å². The molecule has 0 aliphatic rings. The normalized spacial score (nSPS) is 11.7. The standard InChI is InChI=1S/C30H27ClF4N2O5/c1-29(2,3)42-28(38)37-15-20(30(33,34)35)12-25(37)22-14-36-27(41-17-19-7-10-23(31)24(32)11-19)13-26(22)40-16-18-5-8-21(39-4)9-6-18/h5-15H,16-17H2,1-4H3. The molecule has 0 spiro atoms. The van der Waals surface area contributed by atoms with Gasteiger partial charge in [-0.2, -0.15) is 13.2 Å². The Bertz CT molecular complexity index is 1560. The highest BCUT2D eigenvalue weighted by Gasteiger charge is 2.35. The number of carbonyl (C=O) groups is 1. The lowest BCUT2D eigenvalue weighted by atomic mass is 10.1. The number of halogens is 5. The summed E-state index contributed by atoms with van der Waals surface area (Å²) in [5.41, 5.74) is -0.903. The fraction of sp³-hybridized carbons (Fsp3) is 0.267. The number of pyridine rings is 1. The zero-order valence-corrected chi connectivity index (χ0v) is 23.8. The summed E-state index contributed by atoms with van der Waals surface area (Å²) in [5, 5.41) is -0.0401. The number of alkyl halides is 3. The van der Waals surface area contributed by atoms with Crippen molar-refractivity contribution in [3.8, 4) is 28.6 Å². The molecule has 0 saturated carbocycles. The zero-order valence-electron chi connectivity index (χ0n) is 23.1. The molecule has 0 amide bonds. The summed E-state index contributed by atoms with van der Waals surface area (Å²) >= 11 is 5.74. The molecule has 42 heavy (non-hydrogen) atoms. The second-order valence-corrected chi connectivity index (χ2v) is 10.6. The Morgan fingerprint density at radius 3 is 2.24 bits per heavy atom. The van der Waals surface area contributed by atoms with Crippen LogP contribution >= 0.6 is 11.6 Å². The van der Waals surface area contributed by atoms with Crippen molar-refractivity contribution in [2.75, 3.05) is 7.11 Å². The first-order chi connectivity index (χ1) is 19.7. The van der Waals surface area contributed by atoms with Crippen LogP contribution in [0, 0.1) is 5.82 Å². The molecule has 0 fully saturated rings. The van der Waals surface area contributed by atoms with Crippen LogP contribution in [-0.4, -0.2) is 28.4 Å². The first kappa shape index (κ1) is 30.7. The maximum absolute atomic E-state index is 13.9. The molecule has 0 aliphatic carbocycles. The van der Waals surface area contributed by atoms with E-state index >= 15 is 0 Å². The van der Waals surface area contributed by atoms with Gasteiger partial charge in [-0.15, -0.1) is 0 Å². The molecule has 222 valence electrons. The summed E-state index contributed by atoms with van der Waals surface area (Å²) in [6, 6.07) is 13.4. The van der Waals surface area contributed by atoms with Crippen LogP contribution in [0.3, 0.4) is 0 Å². The summed E-state index contributed by atoms with van der Waals surface area (Å²) in [7, 11) is 1.53. The van der Waals surface area contributed by atoms with E-state index < -0.39 is 29.3 Å². The number of methoxy groups -OCH3 is 1. The maximum atomic E-state index is 13.9. The van der Waals surface area contributed by atoms with E-state index in [2.05, 4.69) is 4.98 Å². The van der Waals surface area contributed by atoms with Crippen molar-refractivity contribution in [1.82, 2.24) is 9.55 Å². The Balaban J connectivity index is 1.73. The smallest absolute Gasteiger partial charge is 0.419 e. The van der Waals surface area contributed by atoms with Crippen molar-refractivity contribution in [1.29, 1.82) is 0 Å². The van der Waals surface area contributed by atoms with E-state index in [9.17, 15) is 22.4 Å². The van der Waals surface area contributed by atoms with Crippen molar-refractivity contribution in [3.63, 3.8) is 0 Å². The summed E-state index contributed by atoms with van der Waals surface area (Å²) in [5.74, 6) is 0.139. The predicted octanol–water partition coefficient (Wildman–Crippen LogP) is 8.31. The second kappa shape index (κ2) is 12.3. The number of ether oxygens (including phenoxy) is 4. The maximum Gasteiger partial charge on any atom is 0.419 e. The lowest BCUT2D eigenvalue weighted by Crippen LogP contribution is -2.27. The molecule has 7 nitrogen and oxygen atoms in total. The SMILES string of the molecule is COc1ccc(COc2cc(OCc3ccc(Cl)c(F)c3)ncc2-c2cc(C(F)(F)F)cn2C(=O)OC(C)(C)C)cc1. The summed E-state index contributed by atoms with van der Waals surface area (Å²) in [6.45, 7) is 4.74. The first-order valence-corrected chi connectivity index (χ1v) is 13.0. The van der Waals surface area contributed by atoms with Crippen LogP contribution in [0.2, 0.25) is 5.02 Å². The molecule has 0 radical (unpaired) electrons. The van der Waals surface area contributed by atoms with E-state index in [4.69, 9.17) is 30.5 Å². The van der Waals surface area contributed by atoms with Crippen molar-refractivity contribution in [2.45, 2.75) is 45.8 Å². The van der Waals surface area contributed by atoms with Crippen LogP contribution in [0.25, 0.3) is 11.3 Å². The molecule has 2 heterocycles. The molecule has 0 atom stereocenters. The van der Waals surface area contributed by atoms with E-state index in [1.807, 2.05) is 0 Å². The third-order valence-corrected chi connectivity index (χ3v) is 6.08. The van der Waals surface area contributed by atoms with E-state index in [0.29, 0.717) is 17.5 Å². The van der Waals surface area contributed by atoms with Gasteiger partial charge in [-0.05, 0) is 62.2 Å². The molecule has 0 aliphatic heterocycles. The number of rotatable bonds is 8. The van der Waals surface area contributed by atoms with Crippen LogP contribution in [-0.2, 0) is 24.1 Å². The number of nitrogens with zero attached hydrogens (tertiary/aromatic N) is 2. The average molecular weight is 607 g/mol. The highest BCUT2D eigenvalue weighted by atomic mass is 35.5. The van der Waals surface area contributed by atoms with Gasteiger partial charge in [-0.3, -0.25) is 4.57 Å². The Labute approximate surface area is 244 Å². The predicted molar refractivity (Wildman–Crippen MR) is 147 cm³/mol. The fourth-order valence-corrected chi connectivity index (χ4v) is 3.88. The number of benzene rings is 2. The van der Waals surface area contributed by atoms with Gasteiger partial charge in [0.2, 0.25) is 5.88 Å². The van der Waals surface area contributed by atoms with Gasteiger partial charge in [0.25, 0.3) is 0 Å². The second-order valence-electron chi connectivity index (χ2n) is 10.2. The molecule has 2 aromatic carbocycles. The first-order valence-electron chi connectivity index (χ1n) is 12.6. The number of hydrogen-bond donors (Lipinski definition) is 0. The van der Waals surface area contributed by atoms with Crippen molar-refractivity contribution >= 4 is 17.7 Å². The molecular weight excluding hydrogens is 580 g/mol. The third kappa shape index (κ3) is 7.73.